The number of urea groups is 1. The van der Waals surface area contributed by atoms with Crippen molar-refractivity contribution in [2.45, 2.75) is 64.0 Å². The van der Waals surface area contributed by atoms with E-state index in [4.69, 9.17) is 0 Å². The molecule has 0 radical (unpaired) electrons. The molecular weight excluding hydrogens is 258 g/mol. The third-order valence-corrected chi connectivity index (χ3v) is 4.13. The van der Waals surface area contributed by atoms with E-state index < -0.39 is 11.6 Å². The lowest BCUT2D eigenvalue weighted by Crippen LogP contribution is -2.46. The summed E-state index contributed by atoms with van der Waals surface area (Å²) in [5.41, 5.74) is -0.730. The van der Waals surface area contributed by atoms with Gasteiger partial charge in [0.2, 0.25) is 5.91 Å². The highest BCUT2D eigenvalue weighted by Gasteiger charge is 2.52. The van der Waals surface area contributed by atoms with Crippen molar-refractivity contribution in [1.82, 2.24) is 15.5 Å². The Bertz CT molecular complexity index is 416. The Morgan fingerprint density at radius 2 is 2.05 bits per heavy atom. The summed E-state index contributed by atoms with van der Waals surface area (Å²) in [6.45, 7) is 3.79. The fourth-order valence-electron chi connectivity index (χ4n) is 3.11. The first-order valence-corrected chi connectivity index (χ1v) is 7.42. The van der Waals surface area contributed by atoms with Crippen LogP contribution in [-0.4, -0.2) is 40.9 Å². The van der Waals surface area contributed by atoms with E-state index in [9.17, 15) is 14.4 Å². The number of imide groups is 1. The first-order valence-electron chi connectivity index (χ1n) is 7.42. The molecule has 1 unspecified atom stereocenters. The standard InChI is InChI=1S/C14H23N3O3/c1-3-6-10(2)15-11(18)9-17-12(19)14(16-13(17)20)7-4-5-8-14/h10H,3-9H2,1-2H3,(H,15,18)(H,16,20). The first-order chi connectivity index (χ1) is 9.48. The fourth-order valence-corrected chi connectivity index (χ4v) is 3.11. The van der Waals surface area contributed by atoms with Crippen molar-refractivity contribution in [3.8, 4) is 0 Å². The Labute approximate surface area is 119 Å². The third kappa shape index (κ3) is 2.78. The van der Waals surface area contributed by atoms with Crippen LogP contribution in [0.3, 0.4) is 0 Å². The topological polar surface area (TPSA) is 78.5 Å². The average Bonchev–Trinajstić information content (AvgIpc) is 2.92. The van der Waals surface area contributed by atoms with E-state index in [1.54, 1.807) is 0 Å². The van der Waals surface area contributed by atoms with Gasteiger partial charge in [0.25, 0.3) is 5.91 Å². The molecule has 2 fully saturated rings. The smallest absolute Gasteiger partial charge is 0.325 e. The van der Waals surface area contributed by atoms with Crippen molar-refractivity contribution in [3.63, 3.8) is 0 Å². The molecule has 1 spiro atoms. The van der Waals surface area contributed by atoms with Crippen LogP contribution in [0, 0.1) is 0 Å². The van der Waals surface area contributed by atoms with E-state index in [0.29, 0.717) is 12.8 Å². The summed E-state index contributed by atoms with van der Waals surface area (Å²) in [5.74, 6) is -0.511. The van der Waals surface area contributed by atoms with Crippen molar-refractivity contribution >= 4 is 17.8 Å². The summed E-state index contributed by atoms with van der Waals surface area (Å²) in [5, 5.41) is 5.59. The number of rotatable bonds is 5. The lowest BCUT2D eigenvalue weighted by atomic mass is 9.98. The molecule has 0 bridgehead atoms. The van der Waals surface area contributed by atoms with E-state index in [-0.39, 0.29) is 24.4 Å². The molecule has 2 aliphatic rings. The zero-order valence-electron chi connectivity index (χ0n) is 12.2. The van der Waals surface area contributed by atoms with Crippen molar-refractivity contribution in [3.05, 3.63) is 0 Å². The summed E-state index contributed by atoms with van der Waals surface area (Å²) in [4.78, 5) is 37.2. The molecule has 2 N–H and O–H groups in total. The number of nitrogens with zero attached hydrogens (tertiary/aromatic N) is 1. The molecule has 4 amide bonds. The van der Waals surface area contributed by atoms with Gasteiger partial charge in [-0.15, -0.1) is 0 Å². The Kier molecular flexibility index (Phi) is 4.30. The quantitative estimate of drug-likeness (QED) is 0.742. The summed E-state index contributed by atoms with van der Waals surface area (Å²) < 4.78 is 0. The highest BCUT2D eigenvalue weighted by Crippen LogP contribution is 2.34. The Hall–Kier alpha value is -1.59. The molecule has 1 heterocycles. The minimum atomic E-state index is -0.730. The van der Waals surface area contributed by atoms with Gasteiger partial charge in [-0.1, -0.05) is 26.2 Å². The zero-order valence-corrected chi connectivity index (χ0v) is 12.2. The van der Waals surface area contributed by atoms with Gasteiger partial charge >= 0.3 is 6.03 Å². The van der Waals surface area contributed by atoms with Gasteiger partial charge in [-0.3, -0.25) is 14.5 Å². The van der Waals surface area contributed by atoms with Crippen LogP contribution in [0.15, 0.2) is 0 Å². The minimum absolute atomic E-state index is 0.0636. The first kappa shape index (κ1) is 14.8. The largest absolute Gasteiger partial charge is 0.352 e. The number of carbonyl (C=O) groups excluding carboxylic acids is 3. The van der Waals surface area contributed by atoms with Crippen LogP contribution in [0.1, 0.15) is 52.4 Å². The second-order valence-electron chi connectivity index (χ2n) is 5.87. The SMILES string of the molecule is CCCC(C)NC(=O)CN1C(=O)NC2(CCCC2)C1=O. The van der Waals surface area contributed by atoms with Crippen molar-refractivity contribution in [2.75, 3.05) is 6.54 Å². The lowest BCUT2D eigenvalue weighted by molar-refractivity contribution is -0.135. The van der Waals surface area contributed by atoms with Crippen molar-refractivity contribution < 1.29 is 14.4 Å². The number of hydrogen-bond donors (Lipinski definition) is 2. The van der Waals surface area contributed by atoms with E-state index in [0.717, 1.165) is 30.6 Å². The summed E-state index contributed by atoms with van der Waals surface area (Å²) in [7, 11) is 0. The molecule has 1 aliphatic heterocycles. The molecule has 112 valence electrons. The normalized spacial score (nSPS) is 22.2. The highest BCUT2D eigenvalue weighted by molar-refractivity contribution is 6.09. The molecular formula is C14H23N3O3. The molecule has 6 nitrogen and oxygen atoms in total. The third-order valence-electron chi connectivity index (χ3n) is 4.13. The van der Waals surface area contributed by atoms with Crippen molar-refractivity contribution in [1.29, 1.82) is 0 Å². The van der Waals surface area contributed by atoms with E-state index in [2.05, 4.69) is 10.6 Å². The molecule has 1 aliphatic carbocycles. The van der Waals surface area contributed by atoms with Crippen LogP contribution in [0.25, 0.3) is 0 Å². The number of amides is 4. The molecule has 6 heteroatoms. The van der Waals surface area contributed by atoms with Gasteiger partial charge in [0.05, 0.1) is 0 Å². The summed E-state index contributed by atoms with van der Waals surface area (Å²) >= 11 is 0. The average molecular weight is 281 g/mol. The lowest BCUT2D eigenvalue weighted by Gasteiger charge is -2.20. The predicted molar refractivity (Wildman–Crippen MR) is 74.0 cm³/mol. The van der Waals surface area contributed by atoms with Gasteiger partial charge in [-0.05, 0) is 26.2 Å². The molecule has 1 saturated carbocycles. The van der Waals surface area contributed by atoms with Crippen molar-refractivity contribution in [2.24, 2.45) is 0 Å². The van der Waals surface area contributed by atoms with Gasteiger partial charge in [-0.2, -0.15) is 0 Å². The van der Waals surface area contributed by atoms with E-state index in [1.807, 2.05) is 13.8 Å². The van der Waals surface area contributed by atoms with Gasteiger partial charge in [0, 0.05) is 6.04 Å². The molecule has 20 heavy (non-hydrogen) atoms. The van der Waals surface area contributed by atoms with Gasteiger partial charge < -0.3 is 10.6 Å². The van der Waals surface area contributed by atoms with Crippen LogP contribution in [0.4, 0.5) is 4.79 Å². The Morgan fingerprint density at radius 3 is 2.65 bits per heavy atom. The van der Waals surface area contributed by atoms with Gasteiger partial charge in [0.15, 0.2) is 0 Å². The molecule has 1 saturated heterocycles. The maximum Gasteiger partial charge on any atom is 0.325 e. The number of nitrogens with one attached hydrogen (secondary N) is 2. The van der Waals surface area contributed by atoms with Crippen LogP contribution in [-0.2, 0) is 9.59 Å². The second-order valence-corrected chi connectivity index (χ2v) is 5.87. The maximum absolute atomic E-state index is 12.3. The monoisotopic (exact) mass is 281 g/mol. The number of carbonyl (C=O) groups is 3. The number of hydrogen-bond acceptors (Lipinski definition) is 3. The Balaban J connectivity index is 1.94. The van der Waals surface area contributed by atoms with E-state index >= 15 is 0 Å². The predicted octanol–water partition coefficient (Wildman–Crippen LogP) is 1.16. The molecule has 0 aromatic rings. The second kappa shape index (κ2) is 5.81. The maximum atomic E-state index is 12.3. The molecule has 0 aromatic carbocycles. The molecule has 1 atom stereocenters. The molecule has 2 rings (SSSR count). The van der Waals surface area contributed by atoms with E-state index in [1.165, 1.54) is 0 Å². The Morgan fingerprint density at radius 1 is 1.40 bits per heavy atom. The van der Waals surface area contributed by atoms with Gasteiger partial charge in [-0.25, -0.2) is 4.79 Å². The van der Waals surface area contributed by atoms with Crippen LogP contribution in [0.2, 0.25) is 0 Å². The zero-order chi connectivity index (χ0) is 14.8. The summed E-state index contributed by atoms with van der Waals surface area (Å²) in [6, 6.07) is -0.371. The fraction of sp³-hybridized carbons (Fsp3) is 0.786. The molecule has 0 aromatic heterocycles. The van der Waals surface area contributed by atoms with Crippen LogP contribution < -0.4 is 10.6 Å². The highest BCUT2D eigenvalue weighted by atomic mass is 16.2. The van der Waals surface area contributed by atoms with Crippen LogP contribution >= 0.6 is 0 Å². The summed E-state index contributed by atoms with van der Waals surface area (Å²) in [6.07, 6.45) is 5.12. The minimum Gasteiger partial charge on any atom is -0.352 e. The van der Waals surface area contributed by atoms with Crippen LogP contribution in [0.5, 0.6) is 0 Å². The van der Waals surface area contributed by atoms with Gasteiger partial charge in [0.1, 0.15) is 12.1 Å².